The van der Waals surface area contributed by atoms with Gasteiger partial charge in [-0.3, -0.25) is 4.79 Å². The highest BCUT2D eigenvalue weighted by molar-refractivity contribution is 7.99. The highest BCUT2D eigenvalue weighted by Gasteiger charge is 2.35. The number of benzene rings is 1. The van der Waals surface area contributed by atoms with E-state index in [9.17, 15) is 23.1 Å². The normalized spacial score (nSPS) is 11.8. The van der Waals surface area contributed by atoms with Crippen LogP contribution in [0.15, 0.2) is 23.2 Å². The SMILES string of the molecule is CCSc1c(C(F)(F)F)ccc(C(=O)c2cnn(CC)c2O)c1C. The lowest BCUT2D eigenvalue weighted by Gasteiger charge is -2.16. The molecule has 0 saturated heterocycles. The quantitative estimate of drug-likeness (QED) is 0.640. The smallest absolute Gasteiger partial charge is 0.417 e. The molecule has 0 unspecified atom stereocenters. The fraction of sp³-hybridized carbons (Fsp3) is 0.375. The zero-order chi connectivity index (χ0) is 18.1. The average molecular weight is 358 g/mol. The van der Waals surface area contributed by atoms with E-state index in [0.717, 1.165) is 23.9 Å². The van der Waals surface area contributed by atoms with Crippen LogP contribution in [-0.4, -0.2) is 26.4 Å². The number of aryl methyl sites for hydroxylation is 1. The van der Waals surface area contributed by atoms with Crippen LogP contribution in [0.4, 0.5) is 13.2 Å². The Morgan fingerprint density at radius 2 is 1.96 bits per heavy atom. The number of aromatic nitrogens is 2. The number of ketones is 1. The summed E-state index contributed by atoms with van der Waals surface area (Å²) in [6, 6.07) is 2.07. The first-order valence-corrected chi connectivity index (χ1v) is 8.33. The number of rotatable bonds is 5. The minimum Gasteiger partial charge on any atom is -0.493 e. The van der Waals surface area contributed by atoms with Gasteiger partial charge in [0, 0.05) is 17.0 Å². The van der Waals surface area contributed by atoms with Crippen LogP contribution >= 0.6 is 11.8 Å². The third kappa shape index (κ3) is 3.28. The second kappa shape index (κ2) is 6.88. The zero-order valence-corrected chi connectivity index (χ0v) is 14.3. The molecule has 0 saturated carbocycles. The Kier molecular flexibility index (Phi) is 5.27. The van der Waals surface area contributed by atoms with Gasteiger partial charge in [-0.15, -0.1) is 11.8 Å². The number of carbonyl (C=O) groups excluding carboxylic acids is 1. The Bertz CT molecular complexity index is 769. The fourth-order valence-electron chi connectivity index (χ4n) is 2.41. The third-order valence-electron chi connectivity index (χ3n) is 3.60. The van der Waals surface area contributed by atoms with Crippen LogP contribution in [0.2, 0.25) is 0 Å². The van der Waals surface area contributed by atoms with Crippen molar-refractivity contribution in [2.45, 2.75) is 38.4 Å². The van der Waals surface area contributed by atoms with Gasteiger partial charge in [-0.1, -0.05) is 13.0 Å². The molecule has 1 N–H and O–H groups in total. The topological polar surface area (TPSA) is 55.1 Å². The summed E-state index contributed by atoms with van der Waals surface area (Å²) in [4.78, 5) is 12.7. The molecule has 8 heteroatoms. The van der Waals surface area contributed by atoms with Crippen molar-refractivity contribution >= 4 is 17.5 Å². The first-order valence-electron chi connectivity index (χ1n) is 7.35. The molecule has 0 atom stereocenters. The van der Waals surface area contributed by atoms with Gasteiger partial charge in [0.1, 0.15) is 5.56 Å². The molecule has 2 rings (SSSR count). The summed E-state index contributed by atoms with van der Waals surface area (Å²) in [7, 11) is 0. The maximum atomic E-state index is 13.2. The van der Waals surface area contributed by atoms with Gasteiger partial charge in [-0.2, -0.15) is 18.3 Å². The molecule has 1 aromatic heterocycles. The van der Waals surface area contributed by atoms with E-state index < -0.39 is 17.5 Å². The molecule has 0 bridgehead atoms. The summed E-state index contributed by atoms with van der Waals surface area (Å²) in [5.74, 6) is -0.386. The number of alkyl halides is 3. The predicted octanol–water partition coefficient (Wildman–Crippen LogP) is 4.28. The number of aromatic hydroxyl groups is 1. The highest BCUT2D eigenvalue weighted by Crippen LogP contribution is 2.40. The third-order valence-corrected chi connectivity index (χ3v) is 4.70. The average Bonchev–Trinajstić information content (AvgIpc) is 2.88. The molecule has 0 spiro atoms. The van der Waals surface area contributed by atoms with Gasteiger partial charge in [0.05, 0.1) is 11.8 Å². The number of hydrogen-bond donors (Lipinski definition) is 1. The van der Waals surface area contributed by atoms with Crippen molar-refractivity contribution in [3.8, 4) is 5.88 Å². The summed E-state index contributed by atoms with van der Waals surface area (Å²) in [5, 5.41) is 13.9. The first-order chi connectivity index (χ1) is 11.2. The predicted molar refractivity (Wildman–Crippen MR) is 85.6 cm³/mol. The Morgan fingerprint density at radius 1 is 1.29 bits per heavy atom. The number of hydrogen-bond acceptors (Lipinski definition) is 4. The molecule has 0 radical (unpaired) electrons. The number of thioether (sulfide) groups is 1. The molecule has 1 aromatic carbocycles. The van der Waals surface area contributed by atoms with Gasteiger partial charge < -0.3 is 5.11 Å². The van der Waals surface area contributed by atoms with Gasteiger partial charge in [0.25, 0.3) is 0 Å². The van der Waals surface area contributed by atoms with Gasteiger partial charge in [-0.05, 0) is 31.2 Å². The largest absolute Gasteiger partial charge is 0.493 e. The maximum Gasteiger partial charge on any atom is 0.417 e. The molecule has 130 valence electrons. The molecule has 0 aliphatic heterocycles. The summed E-state index contributed by atoms with van der Waals surface area (Å²) in [6.07, 6.45) is -3.26. The molecular weight excluding hydrogens is 341 g/mol. The molecule has 0 aliphatic carbocycles. The van der Waals surface area contributed by atoms with Crippen molar-refractivity contribution in [3.05, 3.63) is 40.6 Å². The molecule has 0 fully saturated rings. The number of halogens is 3. The van der Waals surface area contributed by atoms with Crippen molar-refractivity contribution < 1.29 is 23.1 Å². The van der Waals surface area contributed by atoms with Crippen LogP contribution in [0, 0.1) is 6.92 Å². The zero-order valence-electron chi connectivity index (χ0n) is 13.4. The van der Waals surface area contributed by atoms with Crippen LogP contribution in [-0.2, 0) is 12.7 Å². The molecule has 4 nitrogen and oxygen atoms in total. The Morgan fingerprint density at radius 3 is 2.46 bits per heavy atom. The van der Waals surface area contributed by atoms with E-state index in [1.54, 1.807) is 13.8 Å². The lowest BCUT2D eigenvalue weighted by Crippen LogP contribution is -2.12. The van der Waals surface area contributed by atoms with Crippen molar-refractivity contribution in [3.63, 3.8) is 0 Å². The van der Waals surface area contributed by atoms with Crippen molar-refractivity contribution in [2.75, 3.05) is 5.75 Å². The Labute approximate surface area is 141 Å². The molecule has 2 aromatic rings. The minimum absolute atomic E-state index is 0.0212. The van der Waals surface area contributed by atoms with E-state index in [0.29, 0.717) is 12.3 Å². The van der Waals surface area contributed by atoms with Crippen molar-refractivity contribution in [1.29, 1.82) is 0 Å². The Hall–Kier alpha value is -1.96. The summed E-state index contributed by atoms with van der Waals surface area (Å²) in [5.41, 5.74) is -0.390. The molecule has 0 amide bonds. The Balaban J connectivity index is 2.57. The summed E-state index contributed by atoms with van der Waals surface area (Å²) < 4.78 is 40.8. The van der Waals surface area contributed by atoms with E-state index in [-0.39, 0.29) is 27.5 Å². The molecule has 0 aliphatic rings. The van der Waals surface area contributed by atoms with Gasteiger partial charge in [0.15, 0.2) is 5.78 Å². The van der Waals surface area contributed by atoms with Crippen LogP contribution in [0.25, 0.3) is 0 Å². The fourth-order valence-corrected chi connectivity index (χ4v) is 3.36. The van der Waals surface area contributed by atoms with Crippen LogP contribution in [0.1, 0.15) is 40.9 Å². The van der Waals surface area contributed by atoms with E-state index in [4.69, 9.17) is 0 Å². The number of nitrogens with zero attached hydrogens (tertiary/aromatic N) is 2. The van der Waals surface area contributed by atoms with E-state index >= 15 is 0 Å². The first kappa shape index (κ1) is 18.4. The summed E-state index contributed by atoms with van der Waals surface area (Å²) >= 11 is 1.04. The summed E-state index contributed by atoms with van der Waals surface area (Å²) in [6.45, 7) is 5.36. The maximum absolute atomic E-state index is 13.2. The van der Waals surface area contributed by atoms with Gasteiger partial charge in [-0.25, -0.2) is 4.68 Å². The second-order valence-electron chi connectivity index (χ2n) is 5.07. The van der Waals surface area contributed by atoms with Crippen molar-refractivity contribution in [2.24, 2.45) is 0 Å². The number of carbonyl (C=O) groups is 1. The lowest BCUT2D eigenvalue weighted by molar-refractivity contribution is -0.139. The van der Waals surface area contributed by atoms with Crippen LogP contribution in [0.5, 0.6) is 5.88 Å². The van der Waals surface area contributed by atoms with Gasteiger partial charge >= 0.3 is 6.18 Å². The molecule has 24 heavy (non-hydrogen) atoms. The molecular formula is C16H17F3N2O2S. The highest BCUT2D eigenvalue weighted by atomic mass is 32.2. The van der Waals surface area contributed by atoms with E-state index in [1.165, 1.54) is 17.8 Å². The molecule has 1 heterocycles. The van der Waals surface area contributed by atoms with E-state index in [1.807, 2.05) is 0 Å². The lowest BCUT2D eigenvalue weighted by atomic mass is 9.98. The standard InChI is InChI=1S/C16H17F3N2O2S/c1-4-21-15(23)11(8-20-21)13(22)10-6-7-12(16(17,18)19)14(9(10)3)24-5-2/h6-8,23H,4-5H2,1-3H3. The van der Waals surface area contributed by atoms with Crippen LogP contribution in [0.3, 0.4) is 0 Å². The van der Waals surface area contributed by atoms with E-state index in [2.05, 4.69) is 5.10 Å². The monoisotopic (exact) mass is 358 g/mol. The second-order valence-corrected chi connectivity index (χ2v) is 6.35. The van der Waals surface area contributed by atoms with Crippen LogP contribution < -0.4 is 0 Å². The van der Waals surface area contributed by atoms with Crippen molar-refractivity contribution in [1.82, 2.24) is 9.78 Å². The minimum atomic E-state index is -4.49. The van der Waals surface area contributed by atoms with Gasteiger partial charge in [0.2, 0.25) is 5.88 Å².